The number of aromatic nitrogens is 1. The maximum Gasteiger partial charge on any atom is 0.232 e. The lowest BCUT2D eigenvalue weighted by atomic mass is 10.1. The van der Waals surface area contributed by atoms with Gasteiger partial charge < -0.3 is 15.9 Å². The van der Waals surface area contributed by atoms with Gasteiger partial charge in [0.1, 0.15) is 11.4 Å². The zero-order valence-electron chi connectivity index (χ0n) is 9.51. The molecule has 0 saturated carbocycles. The van der Waals surface area contributed by atoms with Crippen LogP contribution < -0.4 is 16.9 Å². The summed E-state index contributed by atoms with van der Waals surface area (Å²) >= 11 is 0. The molecule has 0 atom stereocenters. The van der Waals surface area contributed by atoms with Crippen molar-refractivity contribution in [1.29, 1.82) is 0 Å². The quantitative estimate of drug-likeness (QED) is 0.627. The topological polar surface area (TPSA) is 95.1 Å². The molecule has 90 valence electrons. The van der Waals surface area contributed by atoms with Gasteiger partial charge in [-0.05, 0) is 18.2 Å². The molecule has 2 heterocycles. The van der Waals surface area contributed by atoms with E-state index in [1.54, 1.807) is 30.3 Å². The maximum atomic E-state index is 12.3. The lowest BCUT2D eigenvalue weighted by molar-refractivity contribution is 0.645. The van der Waals surface area contributed by atoms with Gasteiger partial charge in [-0.25, -0.2) is 0 Å². The van der Waals surface area contributed by atoms with Crippen molar-refractivity contribution < 1.29 is 4.42 Å². The van der Waals surface area contributed by atoms with Gasteiger partial charge in [-0.15, -0.1) is 0 Å². The summed E-state index contributed by atoms with van der Waals surface area (Å²) in [6, 6.07) is 8.69. The number of hydrogen-bond donors (Lipinski definition) is 2. The third-order valence-corrected chi connectivity index (χ3v) is 2.90. The fourth-order valence-electron chi connectivity index (χ4n) is 1.95. The summed E-state index contributed by atoms with van der Waals surface area (Å²) in [5.74, 6) is 0.295. The zero-order chi connectivity index (χ0) is 12.7. The van der Waals surface area contributed by atoms with Crippen LogP contribution in [0.3, 0.4) is 0 Å². The molecule has 0 amide bonds. The van der Waals surface area contributed by atoms with Crippen LogP contribution >= 0.6 is 0 Å². The molecule has 0 radical (unpaired) electrons. The molecule has 1 aromatic carbocycles. The number of anilines is 1. The van der Waals surface area contributed by atoms with Gasteiger partial charge in [0.25, 0.3) is 0 Å². The summed E-state index contributed by atoms with van der Waals surface area (Å²) in [4.78, 5) is 16.4. The van der Waals surface area contributed by atoms with Gasteiger partial charge in [0.2, 0.25) is 11.1 Å². The summed E-state index contributed by atoms with van der Waals surface area (Å²) in [6.07, 6.45) is 0. The lowest BCUT2D eigenvalue weighted by Gasteiger charge is -2.05. The van der Waals surface area contributed by atoms with Crippen molar-refractivity contribution in [2.75, 3.05) is 5.73 Å². The summed E-state index contributed by atoms with van der Waals surface area (Å²) in [5.41, 5.74) is 12.6. The molecule has 0 aliphatic rings. The van der Waals surface area contributed by atoms with Gasteiger partial charge in [-0.3, -0.25) is 4.79 Å². The van der Waals surface area contributed by atoms with Crippen LogP contribution in [0.25, 0.3) is 22.1 Å². The highest BCUT2D eigenvalue weighted by Gasteiger charge is 2.10. The Morgan fingerprint density at radius 2 is 2.00 bits per heavy atom. The van der Waals surface area contributed by atoms with Crippen LogP contribution in [0.5, 0.6) is 0 Å². The monoisotopic (exact) mass is 241 g/mol. The Balaban J connectivity index is 2.52. The van der Waals surface area contributed by atoms with Crippen LogP contribution in [-0.4, -0.2) is 4.98 Å². The molecule has 4 N–H and O–H groups in total. The van der Waals surface area contributed by atoms with E-state index >= 15 is 0 Å². The van der Waals surface area contributed by atoms with E-state index in [1.165, 1.54) is 0 Å². The molecule has 18 heavy (non-hydrogen) atoms. The van der Waals surface area contributed by atoms with Crippen molar-refractivity contribution in [3.05, 3.63) is 46.1 Å². The van der Waals surface area contributed by atoms with E-state index in [9.17, 15) is 4.79 Å². The van der Waals surface area contributed by atoms with Gasteiger partial charge in [-0.2, -0.15) is 4.98 Å². The third kappa shape index (κ3) is 1.45. The number of nitrogens with zero attached hydrogens (tertiary/aromatic N) is 1. The molecule has 2 aromatic heterocycles. The SMILES string of the molecule is NCc1cc2c(=O)c3ccccc3oc2nc1N. The Kier molecular flexibility index (Phi) is 2.28. The molecule has 0 spiro atoms. The minimum Gasteiger partial charge on any atom is -0.437 e. The Morgan fingerprint density at radius 1 is 1.22 bits per heavy atom. The second-order valence-corrected chi connectivity index (χ2v) is 4.02. The lowest BCUT2D eigenvalue weighted by Crippen LogP contribution is -2.08. The predicted octanol–water partition coefficient (Wildman–Crippen LogP) is 1.38. The fraction of sp³-hybridized carbons (Fsp3) is 0.0769. The van der Waals surface area contributed by atoms with Gasteiger partial charge in [0.05, 0.1) is 10.8 Å². The zero-order valence-corrected chi connectivity index (χ0v) is 9.51. The summed E-state index contributed by atoms with van der Waals surface area (Å²) in [7, 11) is 0. The second-order valence-electron chi connectivity index (χ2n) is 4.02. The van der Waals surface area contributed by atoms with Gasteiger partial charge in [0.15, 0.2) is 0 Å². The molecule has 5 nitrogen and oxygen atoms in total. The van der Waals surface area contributed by atoms with E-state index in [1.807, 2.05) is 0 Å². The molecule has 0 unspecified atom stereocenters. The summed E-state index contributed by atoms with van der Waals surface area (Å²) < 4.78 is 5.58. The van der Waals surface area contributed by atoms with E-state index in [-0.39, 0.29) is 17.7 Å². The molecule has 0 aliphatic heterocycles. The average Bonchev–Trinajstić information content (AvgIpc) is 2.38. The molecule has 0 fully saturated rings. The van der Waals surface area contributed by atoms with Crippen LogP contribution in [0.4, 0.5) is 5.82 Å². The molecular weight excluding hydrogens is 230 g/mol. The van der Waals surface area contributed by atoms with E-state index in [0.29, 0.717) is 27.7 Å². The minimum absolute atomic E-state index is 0.117. The van der Waals surface area contributed by atoms with Gasteiger partial charge in [0, 0.05) is 12.1 Å². The molecule has 0 saturated heterocycles. The number of fused-ring (bicyclic) bond motifs is 2. The maximum absolute atomic E-state index is 12.3. The number of para-hydroxylation sites is 1. The van der Waals surface area contributed by atoms with E-state index < -0.39 is 0 Å². The number of nitrogen functional groups attached to an aromatic ring is 1. The first-order valence-corrected chi connectivity index (χ1v) is 5.51. The number of benzene rings is 1. The van der Waals surface area contributed by atoms with Crippen LogP contribution in [0.15, 0.2) is 39.5 Å². The number of nitrogens with two attached hydrogens (primary N) is 2. The molecule has 5 heteroatoms. The van der Waals surface area contributed by atoms with Gasteiger partial charge >= 0.3 is 0 Å². The Hall–Kier alpha value is -2.40. The highest BCUT2D eigenvalue weighted by molar-refractivity contribution is 5.88. The Bertz CT molecular complexity index is 808. The van der Waals surface area contributed by atoms with Crippen LogP contribution in [0, 0.1) is 0 Å². The van der Waals surface area contributed by atoms with Crippen molar-refractivity contribution in [2.24, 2.45) is 5.73 Å². The standard InChI is InChI=1S/C13H11N3O2/c14-6-7-5-9-11(17)8-3-1-2-4-10(8)18-13(9)16-12(7)15/h1-5H,6,14H2,(H2,15,16). The molecular formula is C13H11N3O2. The molecule has 3 rings (SSSR count). The van der Waals surface area contributed by atoms with Crippen LogP contribution in [0.1, 0.15) is 5.56 Å². The number of pyridine rings is 1. The van der Waals surface area contributed by atoms with E-state index in [2.05, 4.69) is 4.98 Å². The Morgan fingerprint density at radius 3 is 2.78 bits per heavy atom. The van der Waals surface area contributed by atoms with Crippen molar-refractivity contribution in [3.8, 4) is 0 Å². The summed E-state index contributed by atoms with van der Waals surface area (Å²) in [5, 5.41) is 0.933. The number of rotatable bonds is 1. The van der Waals surface area contributed by atoms with E-state index in [0.717, 1.165) is 0 Å². The van der Waals surface area contributed by atoms with Crippen molar-refractivity contribution >= 4 is 27.9 Å². The molecule has 0 aliphatic carbocycles. The molecule has 0 bridgehead atoms. The largest absolute Gasteiger partial charge is 0.437 e. The number of hydrogen-bond acceptors (Lipinski definition) is 5. The second kappa shape index (κ2) is 3.82. The van der Waals surface area contributed by atoms with Crippen LogP contribution in [-0.2, 0) is 6.54 Å². The third-order valence-electron chi connectivity index (χ3n) is 2.90. The van der Waals surface area contributed by atoms with Crippen molar-refractivity contribution in [1.82, 2.24) is 4.98 Å². The first-order valence-electron chi connectivity index (χ1n) is 5.51. The highest BCUT2D eigenvalue weighted by atomic mass is 16.3. The first-order chi connectivity index (χ1) is 8.70. The Labute approximate surface area is 102 Å². The van der Waals surface area contributed by atoms with Gasteiger partial charge in [-0.1, -0.05) is 12.1 Å². The van der Waals surface area contributed by atoms with E-state index in [4.69, 9.17) is 15.9 Å². The predicted molar refractivity (Wildman–Crippen MR) is 70.1 cm³/mol. The summed E-state index contributed by atoms with van der Waals surface area (Å²) in [6.45, 7) is 0.237. The highest BCUT2D eigenvalue weighted by Crippen LogP contribution is 2.20. The van der Waals surface area contributed by atoms with Crippen LogP contribution in [0.2, 0.25) is 0 Å². The normalized spacial score (nSPS) is 11.2. The fourth-order valence-corrected chi connectivity index (χ4v) is 1.95. The minimum atomic E-state index is -0.117. The van der Waals surface area contributed by atoms with Crippen molar-refractivity contribution in [3.63, 3.8) is 0 Å². The first kappa shape index (κ1) is 10.7. The average molecular weight is 241 g/mol. The van der Waals surface area contributed by atoms with Crippen molar-refractivity contribution in [2.45, 2.75) is 6.54 Å². The molecule has 3 aromatic rings. The smallest absolute Gasteiger partial charge is 0.232 e.